The van der Waals surface area contributed by atoms with Crippen LogP contribution < -0.4 is 5.32 Å². The van der Waals surface area contributed by atoms with Gasteiger partial charge in [0, 0.05) is 19.6 Å². The largest absolute Gasteiger partial charge is 0.356 e. The summed E-state index contributed by atoms with van der Waals surface area (Å²) in [4.78, 5) is 12.4. The van der Waals surface area contributed by atoms with E-state index in [4.69, 9.17) is 0 Å². The number of nitrogens with one attached hydrogen (secondary N) is 1. The minimum absolute atomic E-state index is 0.0512. The van der Waals surface area contributed by atoms with Crippen LogP contribution in [0.2, 0.25) is 0 Å². The monoisotopic (exact) mass is 338 g/mol. The average molecular weight is 338 g/mol. The van der Waals surface area contributed by atoms with Crippen LogP contribution in [0.15, 0.2) is 17.0 Å². The fraction of sp³-hybridized carbons (Fsp3) is 0.588. The van der Waals surface area contributed by atoms with Crippen molar-refractivity contribution in [2.24, 2.45) is 5.92 Å². The first-order valence-corrected chi connectivity index (χ1v) is 9.57. The summed E-state index contributed by atoms with van der Waals surface area (Å²) in [5, 5.41) is 2.80. The third kappa shape index (κ3) is 3.75. The molecule has 1 N–H and O–H groups in total. The van der Waals surface area contributed by atoms with Crippen molar-refractivity contribution in [1.29, 1.82) is 0 Å². The zero-order chi connectivity index (χ0) is 17.2. The van der Waals surface area contributed by atoms with Crippen LogP contribution >= 0.6 is 0 Å². The van der Waals surface area contributed by atoms with E-state index in [1.54, 1.807) is 0 Å². The number of carbonyl (C=O) groups excluding carboxylic acids is 1. The third-order valence-electron chi connectivity index (χ3n) is 4.31. The van der Waals surface area contributed by atoms with Gasteiger partial charge in [-0.05, 0) is 51.7 Å². The average Bonchev–Trinajstić information content (AvgIpc) is 2.46. The van der Waals surface area contributed by atoms with Gasteiger partial charge in [-0.15, -0.1) is 0 Å². The van der Waals surface area contributed by atoms with E-state index in [0.717, 1.165) is 23.1 Å². The molecule has 0 aromatic heterocycles. The SMILES string of the molecule is CCNC(=O)C1CCCN(S(=O)(=O)c2c(C)cc(C)cc2C)C1. The molecule has 1 aliphatic heterocycles. The van der Waals surface area contributed by atoms with Gasteiger partial charge >= 0.3 is 0 Å². The molecule has 0 spiro atoms. The van der Waals surface area contributed by atoms with Crippen molar-refractivity contribution in [2.75, 3.05) is 19.6 Å². The normalized spacial score (nSPS) is 19.6. The highest BCUT2D eigenvalue weighted by molar-refractivity contribution is 7.89. The number of piperidine rings is 1. The van der Waals surface area contributed by atoms with E-state index in [1.807, 2.05) is 39.8 Å². The van der Waals surface area contributed by atoms with Gasteiger partial charge in [-0.1, -0.05) is 17.7 Å². The molecule has 1 heterocycles. The van der Waals surface area contributed by atoms with Gasteiger partial charge in [0.25, 0.3) is 0 Å². The molecule has 1 aromatic rings. The van der Waals surface area contributed by atoms with Crippen molar-refractivity contribution >= 4 is 15.9 Å². The first kappa shape index (κ1) is 17.9. The Morgan fingerprint density at radius 2 is 1.87 bits per heavy atom. The number of hydrogen-bond acceptors (Lipinski definition) is 3. The summed E-state index contributed by atoms with van der Waals surface area (Å²) < 4.78 is 27.6. The molecule has 1 amide bonds. The molecule has 23 heavy (non-hydrogen) atoms. The molecule has 0 radical (unpaired) electrons. The number of amides is 1. The summed E-state index contributed by atoms with van der Waals surface area (Å²) in [6.45, 7) is 8.80. The Morgan fingerprint density at radius 3 is 2.43 bits per heavy atom. The van der Waals surface area contributed by atoms with Crippen LogP contribution in [-0.2, 0) is 14.8 Å². The zero-order valence-electron chi connectivity index (χ0n) is 14.3. The quantitative estimate of drug-likeness (QED) is 0.915. The van der Waals surface area contributed by atoms with E-state index in [-0.39, 0.29) is 18.4 Å². The van der Waals surface area contributed by atoms with Crippen molar-refractivity contribution in [3.05, 3.63) is 28.8 Å². The summed E-state index contributed by atoms with van der Waals surface area (Å²) in [5.74, 6) is -0.311. The molecule has 2 rings (SSSR count). The van der Waals surface area contributed by atoms with E-state index in [2.05, 4.69) is 5.32 Å². The first-order valence-electron chi connectivity index (χ1n) is 8.13. The van der Waals surface area contributed by atoms with Crippen LogP contribution in [0, 0.1) is 26.7 Å². The highest BCUT2D eigenvalue weighted by atomic mass is 32.2. The van der Waals surface area contributed by atoms with Gasteiger partial charge in [-0.3, -0.25) is 4.79 Å². The lowest BCUT2D eigenvalue weighted by atomic mass is 9.99. The molecule has 0 saturated carbocycles. The highest BCUT2D eigenvalue weighted by Crippen LogP contribution is 2.28. The lowest BCUT2D eigenvalue weighted by Gasteiger charge is -2.32. The van der Waals surface area contributed by atoms with Crippen LogP contribution in [0.1, 0.15) is 36.5 Å². The molecular formula is C17H26N2O3S. The molecule has 128 valence electrons. The maximum absolute atomic E-state index is 13.1. The predicted molar refractivity (Wildman–Crippen MR) is 90.8 cm³/mol. The minimum Gasteiger partial charge on any atom is -0.356 e. The second-order valence-electron chi connectivity index (χ2n) is 6.32. The van der Waals surface area contributed by atoms with Gasteiger partial charge in [0.2, 0.25) is 15.9 Å². The van der Waals surface area contributed by atoms with E-state index >= 15 is 0 Å². The van der Waals surface area contributed by atoms with Gasteiger partial charge in [-0.25, -0.2) is 8.42 Å². The fourth-order valence-corrected chi connectivity index (χ4v) is 5.33. The number of aryl methyl sites for hydroxylation is 3. The van der Waals surface area contributed by atoms with E-state index in [1.165, 1.54) is 4.31 Å². The number of sulfonamides is 1. The van der Waals surface area contributed by atoms with Crippen molar-refractivity contribution in [2.45, 2.75) is 45.4 Å². The maximum atomic E-state index is 13.1. The Kier molecular flexibility index (Phi) is 5.47. The fourth-order valence-electron chi connectivity index (χ4n) is 3.40. The molecule has 1 aromatic carbocycles. The molecule has 1 atom stereocenters. The van der Waals surface area contributed by atoms with Crippen LogP contribution in [0.5, 0.6) is 0 Å². The van der Waals surface area contributed by atoms with Gasteiger partial charge < -0.3 is 5.32 Å². The van der Waals surface area contributed by atoms with Crippen molar-refractivity contribution in [3.8, 4) is 0 Å². The third-order valence-corrected chi connectivity index (χ3v) is 6.48. The van der Waals surface area contributed by atoms with Crippen molar-refractivity contribution < 1.29 is 13.2 Å². The van der Waals surface area contributed by atoms with Crippen LogP contribution in [0.25, 0.3) is 0 Å². The Labute approximate surface area is 139 Å². The van der Waals surface area contributed by atoms with Crippen LogP contribution in [-0.4, -0.2) is 38.3 Å². The Bertz CT molecular complexity index is 675. The zero-order valence-corrected chi connectivity index (χ0v) is 15.2. The van der Waals surface area contributed by atoms with Gasteiger partial charge in [-0.2, -0.15) is 4.31 Å². The van der Waals surface area contributed by atoms with Gasteiger partial charge in [0.1, 0.15) is 0 Å². The first-order chi connectivity index (χ1) is 10.8. The molecule has 5 nitrogen and oxygen atoms in total. The lowest BCUT2D eigenvalue weighted by molar-refractivity contribution is -0.125. The summed E-state index contributed by atoms with van der Waals surface area (Å²) in [6.07, 6.45) is 1.45. The summed E-state index contributed by atoms with van der Waals surface area (Å²) >= 11 is 0. The van der Waals surface area contributed by atoms with Crippen LogP contribution in [0.3, 0.4) is 0 Å². The summed E-state index contributed by atoms with van der Waals surface area (Å²) in [6, 6.07) is 3.79. The Balaban J connectivity index is 2.31. The lowest BCUT2D eigenvalue weighted by Crippen LogP contribution is -2.45. The molecule has 6 heteroatoms. The Morgan fingerprint density at radius 1 is 1.26 bits per heavy atom. The van der Waals surface area contributed by atoms with Crippen molar-refractivity contribution in [1.82, 2.24) is 9.62 Å². The van der Waals surface area contributed by atoms with E-state index in [9.17, 15) is 13.2 Å². The minimum atomic E-state index is -3.57. The maximum Gasteiger partial charge on any atom is 0.243 e. The summed E-state index contributed by atoms with van der Waals surface area (Å²) in [5.41, 5.74) is 2.59. The number of carbonyl (C=O) groups is 1. The standard InChI is InChI=1S/C17H26N2O3S/c1-5-18-17(20)15-7-6-8-19(11-15)23(21,22)16-13(3)9-12(2)10-14(16)4/h9-10,15H,5-8,11H2,1-4H3,(H,18,20). The summed E-state index contributed by atoms with van der Waals surface area (Å²) in [7, 11) is -3.57. The second-order valence-corrected chi connectivity index (χ2v) is 8.20. The molecule has 0 aliphatic carbocycles. The number of hydrogen-bond donors (Lipinski definition) is 1. The van der Waals surface area contributed by atoms with Gasteiger partial charge in [0.15, 0.2) is 0 Å². The van der Waals surface area contributed by atoms with E-state index in [0.29, 0.717) is 24.4 Å². The molecule has 1 aliphatic rings. The van der Waals surface area contributed by atoms with Crippen molar-refractivity contribution in [3.63, 3.8) is 0 Å². The second kappa shape index (κ2) is 7.01. The molecule has 0 bridgehead atoms. The molecule has 1 unspecified atom stereocenters. The molecule has 1 fully saturated rings. The smallest absolute Gasteiger partial charge is 0.243 e. The van der Waals surface area contributed by atoms with Crippen LogP contribution in [0.4, 0.5) is 0 Å². The topological polar surface area (TPSA) is 66.5 Å². The van der Waals surface area contributed by atoms with Gasteiger partial charge in [0.05, 0.1) is 10.8 Å². The molecular weight excluding hydrogens is 312 g/mol. The molecule has 1 saturated heterocycles. The number of rotatable bonds is 4. The number of nitrogens with zero attached hydrogens (tertiary/aromatic N) is 1. The Hall–Kier alpha value is -1.40. The number of benzene rings is 1. The van der Waals surface area contributed by atoms with E-state index < -0.39 is 10.0 Å². The highest BCUT2D eigenvalue weighted by Gasteiger charge is 2.34. The predicted octanol–water partition coefficient (Wildman–Crippen LogP) is 2.15.